The van der Waals surface area contributed by atoms with Crippen LogP contribution in [0.4, 0.5) is 10.6 Å². The second-order valence-electron chi connectivity index (χ2n) is 5.99. The van der Waals surface area contributed by atoms with E-state index in [2.05, 4.69) is 10.3 Å². The van der Waals surface area contributed by atoms with E-state index in [4.69, 9.17) is 32.7 Å². The molecule has 2 aromatic rings. The number of ether oxygens (including phenoxy) is 2. The number of anilines is 1. The molecule has 7 heteroatoms. The van der Waals surface area contributed by atoms with Crippen LogP contribution in [0.15, 0.2) is 36.5 Å². The van der Waals surface area contributed by atoms with E-state index in [9.17, 15) is 4.79 Å². The summed E-state index contributed by atoms with van der Waals surface area (Å²) in [5.41, 5.74) is 0.137. The summed E-state index contributed by atoms with van der Waals surface area (Å²) in [6.45, 7) is 5.59. The number of carbonyl (C=O) groups excluding carboxylic acids is 1. The van der Waals surface area contributed by atoms with Crippen LogP contribution in [-0.4, -0.2) is 16.7 Å². The summed E-state index contributed by atoms with van der Waals surface area (Å²) < 4.78 is 10.8. The first kappa shape index (κ1) is 18.4. The Bertz CT molecular complexity index is 693. The highest BCUT2D eigenvalue weighted by Crippen LogP contribution is 2.25. The highest BCUT2D eigenvalue weighted by Gasteiger charge is 2.16. The average molecular weight is 369 g/mol. The maximum absolute atomic E-state index is 11.7. The fourth-order valence-corrected chi connectivity index (χ4v) is 2.28. The van der Waals surface area contributed by atoms with Crippen LogP contribution in [0.3, 0.4) is 0 Å². The average Bonchev–Trinajstić information content (AvgIpc) is 2.46. The molecule has 0 aliphatic heterocycles. The summed E-state index contributed by atoms with van der Waals surface area (Å²) in [7, 11) is 0. The van der Waals surface area contributed by atoms with Crippen LogP contribution in [0, 0.1) is 0 Å². The van der Waals surface area contributed by atoms with Crippen molar-refractivity contribution in [2.75, 3.05) is 5.32 Å². The van der Waals surface area contributed by atoms with Gasteiger partial charge in [-0.1, -0.05) is 29.3 Å². The van der Waals surface area contributed by atoms with Crippen LogP contribution >= 0.6 is 23.2 Å². The van der Waals surface area contributed by atoms with Gasteiger partial charge in [0, 0.05) is 15.6 Å². The third-order valence-corrected chi connectivity index (χ3v) is 3.52. The second-order valence-corrected chi connectivity index (χ2v) is 6.81. The van der Waals surface area contributed by atoms with Crippen molar-refractivity contribution >= 4 is 35.1 Å². The predicted molar refractivity (Wildman–Crippen MR) is 94.9 cm³/mol. The van der Waals surface area contributed by atoms with E-state index in [1.165, 1.54) is 6.20 Å². The number of nitrogens with zero attached hydrogens (tertiary/aromatic N) is 1. The maximum Gasteiger partial charge on any atom is 0.413 e. The van der Waals surface area contributed by atoms with Gasteiger partial charge in [0.1, 0.15) is 23.8 Å². The molecule has 0 aliphatic rings. The molecule has 2 rings (SSSR count). The number of amides is 1. The van der Waals surface area contributed by atoms with Crippen LogP contribution < -0.4 is 10.1 Å². The van der Waals surface area contributed by atoms with E-state index in [0.717, 1.165) is 0 Å². The molecule has 5 nitrogen and oxygen atoms in total. The number of halogens is 2. The standard InChI is InChI=1S/C17H18Cl2N2O3/c1-17(2,3)24-16(22)21-15-8-7-11(9-20-15)23-10-12-13(18)5-4-6-14(12)19/h4-9H,10H2,1-3H3,(H,20,21,22). The number of aromatic nitrogens is 1. The lowest BCUT2D eigenvalue weighted by atomic mass is 10.2. The van der Waals surface area contributed by atoms with Gasteiger partial charge in [0.05, 0.1) is 6.20 Å². The normalized spacial score (nSPS) is 11.0. The molecule has 0 aliphatic carbocycles. The van der Waals surface area contributed by atoms with E-state index in [1.54, 1.807) is 51.1 Å². The molecule has 1 amide bonds. The van der Waals surface area contributed by atoms with E-state index in [0.29, 0.717) is 27.2 Å². The Kier molecular flexibility index (Phi) is 5.91. The minimum atomic E-state index is -0.568. The third kappa shape index (κ3) is 5.58. The highest BCUT2D eigenvalue weighted by atomic mass is 35.5. The minimum absolute atomic E-state index is 0.221. The Morgan fingerprint density at radius 3 is 2.38 bits per heavy atom. The Morgan fingerprint density at radius 1 is 1.17 bits per heavy atom. The molecule has 0 saturated carbocycles. The SMILES string of the molecule is CC(C)(C)OC(=O)Nc1ccc(OCc2c(Cl)cccc2Cl)cn1. The Labute approximate surface area is 150 Å². The zero-order valence-corrected chi connectivity index (χ0v) is 15.1. The molecular weight excluding hydrogens is 351 g/mol. The first-order valence-electron chi connectivity index (χ1n) is 7.26. The van der Waals surface area contributed by atoms with Crippen LogP contribution in [0.1, 0.15) is 26.3 Å². The third-order valence-electron chi connectivity index (χ3n) is 2.81. The predicted octanol–water partition coefficient (Wildman–Crippen LogP) is 5.31. The van der Waals surface area contributed by atoms with Crippen molar-refractivity contribution in [2.24, 2.45) is 0 Å². The van der Waals surface area contributed by atoms with Gasteiger partial charge in [-0.25, -0.2) is 9.78 Å². The maximum atomic E-state index is 11.7. The first-order chi connectivity index (χ1) is 11.2. The topological polar surface area (TPSA) is 60.5 Å². The van der Waals surface area contributed by atoms with Gasteiger partial charge in [-0.2, -0.15) is 0 Å². The smallest absolute Gasteiger partial charge is 0.413 e. The fraction of sp³-hybridized carbons (Fsp3) is 0.294. The monoisotopic (exact) mass is 368 g/mol. The summed E-state index contributed by atoms with van der Waals surface area (Å²) in [6.07, 6.45) is 0.934. The van der Waals surface area contributed by atoms with Gasteiger partial charge in [-0.15, -0.1) is 0 Å². The van der Waals surface area contributed by atoms with Crippen LogP contribution in [0.2, 0.25) is 10.0 Å². The van der Waals surface area contributed by atoms with Crippen molar-refractivity contribution in [2.45, 2.75) is 33.0 Å². The van der Waals surface area contributed by atoms with Crippen molar-refractivity contribution in [1.29, 1.82) is 0 Å². The molecule has 0 bridgehead atoms. The molecule has 0 spiro atoms. The van der Waals surface area contributed by atoms with Gasteiger partial charge in [0.2, 0.25) is 0 Å². The first-order valence-corrected chi connectivity index (χ1v) is 8.02. The molecule has 1 aromatic heterocycles. The number of carbonyl (C=O) groups is 1. The van der Waals surface area contributed by atoms with Crippen molar-refractivity contribution in [3.05, 3.63) is 52.1 Å². The number of hydrogen-bond donors (Lipinski definition) is 1. The highest BCUT2D eigenvalue weighted by molar-refractivity contribution is 6.35. The van der Waals surface area contributed by atoms with E-state index in [1.807, 2.05) is 0 Å². The van der Waals surface area contributed by atoms with Crippen molar-refractivity contribution in [3.63, 3.8) is 0 Å². The summed E-state index contributed by atoms with van der Waals surface area (Å²) in [4.78, 5) is 15.8. The van der Waals surface area contributed by atoms with E-state index >= 15 is 0 Å². The van der Waals surface area contributed by atoms with Crippen molar-refractivity contribution in [3.8, 4) is 5.75 Å². The number of hydrogen-bond acceptors (Lipinski definition) is 4. The van der Waals surface area contributed by atoms with Crippen LogP contribution in [-0.2, 0) is 11.3 Å². The molecule has 0 fully saturated rings. The lowest BCUT2D eigenvalue weighted by Gasteiger charge is -2.19. The van der Waals surface area contributed by atoms with E-state index < -0.39 is 11.7 Å². The summed E-state index contributed by atoms with van der Waals surface area (Å²) >= 11 is 12.2. The molecule has 1 aromatic carbocycles. The number of rotatable bonds is 4. The fourth-order valence-electron chi connectivity index (χ4n) is 1.77. The van der Waals surface area contributed by atoms with Gasteiger partial charge in [-0.3, -0.25) is 5.32 Å². The Balaban J connectivity index is 1.94. The van der Waals surface area contributed by atoms with Gasteiger partial charge in [0.15, 0.2) is 0 Å². The molecule has 0 unspecified atom stereocenters. The Morgan fingerprint density at radius 2 is 1.83 bits per heavy atom. The van der Waals surface area contributed by atoms with Gasteiger partial charge < -0.3 is 9.47 Å². The van der Waals surface area contributed by atoms with Crippen molar-refractivity contribution in [1.82, 2.24) is 4.98 Å². The van der Waals surface area contributed by atoms with Crippen molar-refractivity contribution < 1.29 is 14.3 Å². The van der Waals surface area contributed by atoms with Gasteiger partial charge >= 0.3 is 6.09 Å². The molecule has 0 saturated heterocycles. The minimum Gasteiger partial charge on any atom is -0.487 e. The number of nitrogens with one attached hydrogen (secondary N) is 1. The molecule has 1 N–H and O–H groups in total. The largest absolute Gasteiger partial charge is 0.487 e. The molecule has 1 heterocycles. The lowest BCUT2D eigenvalue weighted by Crippen LogP contribution is -2.27. The number of pyridine rings is 1. The lowest BCUT2D eigenvalue weighted by molar-refractivity contribution is 0.0635. The zero-order chi connectivity index (χ0) is 17.7. The summed E-state index contributed by atoms with van der Waals surface area (Å²) in [5.74, 6) is 0.896. The van der Waals surface area contributed by atoms with E-state index in [-0.39, 0.29) is 6.61 Å². The summed E-state index contributed by atoms with van der Waals surface area (Å²) in [5, 5.41) is 3.63. The zero-order valence-electron chi connectivity index (χ0n) is 13.6. The summed E-state index contributed by atoms with van der Waals surface area (Å²) in [6, 6.07) is 8.57. The molecular formula is C17H18Cl2N2O3. The molecule has 128 valence electrons. The van der Waals surface area contributed by atoms with Crippen LogP contribution in [0.25, 0.3) is 0 Å². The molecule has 0 atom stereocenters. The van der Waals surface area contributed by atoms with Gasteiger partial charge in [0.25, 0.3) is 0 Å². The molecule has 24 heavy (non-hydrogen) atoms. The quantitative estimate of drug-likeness (QED) is 0.793. The molecule has 0 radical (unpaired) electrons. The number of benzene rings is 1. The van der Waals surface area contributed by atoms with Gasteiger partial charge in [-0.05, 0) is 45.0 Å². The van der Waals surface area contributed by atoms with Crippen LogP contribution in [0.5, 0.6) is 5.75 Å². The Hall–Kier alpha value is -1.98. The second kappa shape index (κ2) is 7.73.